The van der Waals surface area contributed by atoms with Crippen molar-refractivity contribution < 1.29 is 4.79 Å². The topological polar surface area (TPSA) is 50.2 Å². The summed E-state index contributed by atoms with van der Waals surface area (Å²) < 4.78 is 1.77. The van der Waals surface area contributed by atoms with E-state index in [0.29, 0.717) is 0 Å². The van der Waals surface area contributed by atoms with Crippen molar-refractivity contribution in [3.8, 4) is 0 Å². The number of hydrogen-bond donors (Lipinski definition) is 1. The number of aromatic nitrogens is 2. The fraction of sp³-hybridized carbons (Fsp3) is 0.524. The lowest BCUT2D eigenvalue weighted by Crippen LogP contribution is -2.63. The monoisotopic (exact) mass is 352 g/mol. The zero-order valence-corrected chi connectivity index (χ0v) is 15.7. The molecule has 2 unspecified atom stereocenters. The van der Waals surface area contributed by atoms with E-state index in [2.05, 4.69) is 34.7 Å². The lowest BCUT2D eigenvalue weighted by molar-refractivity contribution is -0.0700. The molecule has 1 aliphatic carbocycles. The van der Waals surface area contributed by atoms with Gasteiger partial charge in [-0.1, -0.05) is 49.6 Å². The number of likely N-dealkylation sites (tertiary alicyclic amines) is 1. The summed E-state index contributed by atoms with van der Waals surface area (Å²) in [6, 6.07) is 12.6. The third-order valence-corrected chi connectivity index (χ3v) is 6.12. The quantitative estimate of drug-likeness (QED) is 0.900. The molecule has 2 aliphatic rings. The summed E-state index contributed by atoms with van der Waals surface area (Å²) in [5, 5.41) is 7.56. The van der Waals surface area contributed by atoms with Crippen LogP contribution in [0.3, 0.4) is 0 Å². The minimum Gasteiger partial charge on any atom is -0.330 e. The molecule has 2 amide bonds. The number of carbonyl (C=O) groups excluding carboxylic acids is 1. The van der Waals surface area contributed by atoms with Gasteiger partial charge in [-0.05, 0) is 31.4 Å². The molecule has 1 aliphatic heterocycles. The summed E-state index contributed by atoms with van der Waals surface area (Å²) in [7, 11) is 1.89. The van der Waals surface area contributed by atoms with Gasteiger partial charge in [-0.15, -0.1) is 0 Å². The molecule has 1 saturated carbocycles. The number of benzene rings is 1. The number of hydrogen-bond acceptors (Lipinski definition) is 2. The SMILES string of the molecule is CC(NC(=O)N1CC2(CCCCC2)C1c1ccccc1)c1ccn(C)n1. The van der Waals surface area contributed by atoms with Crippen molar-refractivity contribution in [2.75, 3.05) is 6.54 Å². The summed E-state index contributed by atoms with van der Waals surface area (Å²) in [5.74, 6) is 0. The first kappa shape index (κ1) is 17.1. The number of nitrogens with zero attached hydrogens (tertiary/aromatic N) is 3. The van der Waals surface area contributed by atoms with Crippen LogP contribution in [0.15, 0.2) is 42.6 Å². The molecular formula is C21H28N4O. The minimum absolute atomic E-state index is 0.0215. The predicted molar refractivity (Wildman–Crippen MR) is 102 cm³/mol. The Morgan fingerprint density at radius 1 is 1.19 bits per heavy atom. The highest BCUT2D eigenvalue weighted by Crippen LogP contribution is 2.56. The molecular weight excluding hydrogens is 324 g/mol. The van der Waals surface area contributed by atoms with Gasteiger partial charge in [-0.3, -0.25) is 4.68 Å². The third kappa shape index (κ3) is 3.00. The summed E-state index contributed by atoms with van der Waals surface area (Å²) in [6.07, 6.45) is 8.25. The van der Waals surface area contributed by atoms with Crippen LogP contribution in [0.4, 0.5) is 4.79 Å². The van der Waals surface area contributed by atoms with E-state index < -0.39 is 0 Å². The Morgan fingerprint density at radius 3 is 2.58 bits per heavy atom. The van der Waals surface area contributed by atoms with E-state index in [-0.39, 0.29) is 23.5 Å². The van der Waals surface area contributed by atoms with Crippen molar-refractivity contribution in [1.29, 1.82) is 0 Å². The molecule has 1 aromatic heterocycles. The third-order valence-electron chi connectivity index (χ3n) is 6.12. The maximum Gasteiger partial charge on any atom is 0.318 e. The minimum atomic E-state index is -0.0944. The van der Waals surface area contributed by atoms with Crippen molar-refractivity contribution in [3.05, 3.63) is 53.9 Å². The fourth-order valence-corrected chi connectivity index (χ4v) is 4.79. The molecule has 5 heteroatoms. The number of rotatable bonds is 3. The Bertz CT molecular complexity index is 763. The molecule has 26 heavy (non-hydrogen) atoms. The van der Waals surface area contributed by atoms with Crippen LogP contribution in [-0.2, 0) is 7.05 Å². The molecule has 5 nitrogen and oxygen atoms in total. The molecule has 138 valence electrons. The van der Waals surface area contributed by atoms with Crippen molar-refractivity contribution in [2.45, 2.75) is 51.1 Å². The lowest BCUT2D eigenvalue weighted by Gasteiger charge is -2.59. The van der Waals surface area contributed by atoms with Gasteiger partial charge in [0, 0.05) is 25.2 Å². The molecule has 1 saturated heterocycles. The highest BCUT2D eigenvalue weighted by Gasteiger charge is 2.54. The molecule has 0 bridgehead atoms. The highest BCUT2D eigenvalue weighted by molar-refractivity contribution is 5.76. The first-order valence-electron chi connectivity index (χ1n) is 9.71. The molecule has 0 radical (unpaired) electrons. The summed E-state index contributed by atoms with van der Waals surface area (Å²) in [4.78, 5) is 15.0. The Hall–Kier alpha value is -2.30. The fourth-order valence-electron chi connectivity index (χ4n) is 4.79. The summed E-state index contributed by atoms with van der Waals surface area (Å²) >= 11 is 0. The molecule has 1 N–H and O–H groups in total. The van der Waals surface area contributed by atoms with Crippen LogP contribution >= 0.6 is 0 Å². The van der Waals surface area contributed by atoms with Gasteiger partial charge in [0.15, 0.2) is 0 Å². The molecule has 2 atom stereocenters. The second-order valence-electron chi connectivity index (χ2n) is 7.95. The molecule has 2 heterocycles. The van der Waals surface area contributed by atoms with Crippen LogP contribution in [0.5, 0.6) is 0 Å². The van der Waals surface area contributed by atoms with Crippen molar-refractivity contribution in [1.82, 2.24) is 20.0 Å². The number of aryl methyl sites for hydroxylation is 1. The smallest absolute Gasteiger partial charge is 0.318 e. The van der Waals surface area contributed by atoms with Crippen LogP contribution in [-0.4, -0.2) is 27.3 Å². The van der Waals surface area contributed by atoms with Gasteiger partial charge in [-0.2, -0.15) is 5.10 Å². The number of nitrogens with one attached hydrogen (secondary N) is 1. The maximum atomic E-state index is 13.0. The first-order valence-corrected chi connectivity index (χ1v) is 9.71. The average molecular weight is 352 g/mol. The predicted octanol–water partition coefficient (Wildman–Crippen LogP) is 4.20. The summed E-state index contributed by atoms with van der Waals surface area (Å²) in [6.45, 7) is 2.86. The zero-order chi connectivity index (χ0) is 18.1. The van der Waals surface area contributed by atoms with E-state index in [9.17, 15) is 4.79 Å². The number of carbonyl (C=O) groups is 1. The van der Waals surface area contributed by atoms with Crippen LogP contribution in [0.1, 0.15) is 62.4 Å². The number of amides is 2. The van der Waals surface area contributed by atoms with Gasteiger partial charge in [0.25, 0.3) is 0 Å². The average Bonchev–Trinajstić information content (AvgIpc) is 3.08. The standard InChI is InChI=1S/C21H28N4O/c1-16(18-11-14-24(2)23-18)22-20(26)25-15-21(12-7-4-8-13-21)19(25)17-9-5-3-6-10-17/h3,5-6,9-11,14,16,19H,4,7-8,12-13,15H2,1-2H3,(H,22,26). The van der Waals surface area contributed by atoms with E-state index in [1.807, 2.05) is 37.2 Å². The first-order chi connectivity index (χ1) is 12.6. The van der Waals surface area contributed by atoms with E-state index >= 15 is 0 Å². The van der Waals surface area contributed by atoms with Gasteiger partial charge >= 0.3 is 6.03 Å². The Kier molecular flexibility index (Phi) is 4.47. The molecule has 4 rings (SSSR count). The molecule has 2 aromatic rings. The van der Waals surface area contributed by atoms with E-state index in [1.54, 1.807) is 4.68 Å². The zero-order valence-electron chi connectivity index (χ0n) is 15.7. The van der Waals surface area contributed by atoms with E-state index in [0.717, 1.165) is 12.2 Å². The van der Waals surface area contributed by atoms with E-state index in [1.165, 1.54) is 37.7 Å². The van der Waals surface area contributed by atoms with Gasteiger partial charge < -0.3 is 10.2 Å². The second-order valence-corrected chi connectivity index (χ2v) is 7.95. The van der Waals surface area contributed by atoms with Crippen LogP contribution in [0.25, 0.3) is 0 Å². The van der Waals surface area contributed by atoms with Gasteiger partial charge in [0.2, 0.25) is 0 Å². The van der Waals surface area contributed by atoms with Gasteiger partial charge in [0.1, 0.15) is 0 Å². The van der Waals surface area contributed by atoms with Gasteiger partial charge in [-0.25, -0.2) is 4.79 Å². The Labute approximate surface area is 155 Å². The van der Waals surface area contributed by atoms with Crippen LogP contribution < -0.4 is 5.32 Å². The molecule has 2 fully saturated rings. The maximum absolute atomic E-state index is 13.0. The lowest BCUT2D eigenvalue weighted by atomic mass is 9.61. The highest BCUT2D eigenvalue weighted by atomic mass is 16.2. The van der Waals surface area contributed by atoms with Crippen LogP contribution in [0, 0.1) is 5.41 Å². The Morgan fingerprint density at radius 2 is 1.92 bits per heavy atom. The molecule has 1 aromatic carbocycles. The molecule has 1 spiro atoms. The van der Waals surface area contributed by atoms with Crippen LogP contribution in [0.2, 0.25) is 0 Å². The summed E-state index contributed by atoms with van der Waals surface area (Å²) in [5.41, 5.74) is 2.43. The second kappa shape index (κ2) is 6.78. The van der Waals surface area contributed by atoms with Crippen molar-refractivity contribution in [2.24, 2.45) is 12.5 Å². The van der Waals surface area contributed by atoms with E-state index in [4.69, 9.17) is 0 Å². The normalized spacial score (nSPS) is 22.7. The number of urea groups is 1. The Balaban J connectivity index is 1.52. The van der Waals surface area contributed by atoms with Crippen molar-refractivity contribution in [3.63, 3.8) is 0 Å². The van der Waals surface area contributed by atoms with Gasteiger partial charge in [0.05, 0.1) is 17.8 Å². The van der Waals surface area contributed by atoms with Crippen molar-refractivity contribution >= 4 is 6.03 Å². The largest absolute Gasteiger partial charge is 0.330 e.